The third-order valence-corrected chi connectivity index (χ3v) is 7.97. The molecular weight excluding hydrogens is 424 g/mol. The summed E-state index contributed by atoms with van der Waals surface area (Å²) in [6, 6.07) is 10.0. The van der Waals surface area contributed by atoms with E-state index in [0.717, 1.165) is 0 Å². The quantitative estimate of drug-likeness (QED) is 0.694. The predicted octanol–water partition coefficient (Wildman–Crippen LogP) is 2.98. The van der Waals surface area contributed by atoms with Gasteiger partial charge in [0.2, 0.25) is 0 Å². The van der Waals surface area contributed by atoms with Crippen molar-refractivity contribution in [3.8, 4) is 0 Å². The summed E-state index contributed by atoms with van der Waals surface area (Å²) in [5.41, 5.74) is 0.442. The molecule has 1 aromatic heterocycles. The second kappa shape index (κ2) is 9.04. The smallest absolute Gasteiger partial charge is 0.309 e. The van der Waals surface area contributed by atoms with E-state index in [4.69, 9.17) is 16.3 Å². The number of hydrogen-bond donors (Lipinski definition) is 1. The van der Waals surface area contributed by atoms with Gasteiger partial charge in [-0.1, -0.05) is 29.8 Å². The van der Waals surface area contributed by atoms with E-state index in [2.05, 4.69) is 5.32 Å². The zero-order valence-corrected chi connectivity index (χ0v) is 17.2. The van der Waals surface area contributed by atoms with Gasteiger partial charge in [0.1, 0.15) is 4.21 Å². The molecule has 7 nitrogen and oxygen atoms in total. The summed E-state index contributed by atoms with van der Waals surface area (Å²) in [5, 5.41) is 4.68. The second-order valence-electron chi connectivity index (χ2n) is 6.25. The molecule has 0 bridgehead atoms. The van der Waals surface area contributed by atoms with Crippen molar-refractivity contribution in [1.82, 2.24) is 4.31 Å². The molecule has 0 saturated carbocycles. The molecule has 1 amide bonds. The number of para-hydroxylation sites is 1. The van der Waals surface area contributed by atoms with E-state index < -0.39 is 34.4 Å². The molecule has 0 unspecified atom stereocenters. The molecule has 10 heteroatoms. The van der Waals surface area contributed by atoms with Gasteiger partial charge in [0.25, 0.3) is 15.9 Å². The summed E-state index contributed by atoms with van der Waals surface area (Å²) < 4.78 is 31.8. The first kappa shape index (κ1) is 20.8. The molecule has 28 heavy (non-hydrogen) atoms. The molecule has 2 aromatic rings. The van der Waals surface area contributed by atoms with Crippen molar-refractivity contribution in [3.05, 3.63) is 46.8 Å². The highest BCUT2D eigenvalue weighted by Crippen LogP contribution is 2.27. The minimum absolute atomic E-state index is 0.242. The maximum absolute atomic E-state index is 12.5. The maximum Gasteiger partial charge on any atom is 0.309 e. The monoisotopic (exact) mass is 442 g/mol. The molecule has 0 aliphatic carbocycles. The van der Waals surface area contributed by atoms with Crippen LogP contribution in [0.2, 0.25) is 5.02 Å². The largest absolute Gasteiger partial charge is 0.455 e. The number of ether oxygens (including phenoxy) is 1. The van der Waals surface area contributed by atoms with E-state index in [1.807, 2.05) is 0 Å². The number of nitrogens with zero attached hydrogens (tertiary/aromatic N) is 1. The molecule has 0 spiro atoms. The lowest BCUT2D eigenvalue weighted by molar-refractivity contribution is -0.152. The van der Waals surface area contributed by atoms with Crippen molar-refractivity contribution in [3.63, 3.8) is 0 Å². The van der Waals surface area contributed by atoms with E-state index in [-0.39, 0.29) is 13.1 Å². The molecule has 1 N–H and O–H groups in total. The van der Waals surface area contributed by atoms with E-state index in [0.29, 0.717) is 27.8 Å². The highest BCUT2D eigenvalue weighted by atomic mass is 35.5. The van der Waals surface area contributed by atoms with Gasteiger partial charge in [-0.15, -0.1) is 11.3 Å². The maximum atomic E-state index is 12.5. The van der Waals surface area contributed by atoms with E-state index in [1.165, 1.54) is 15.6 Å². The molecule has 0 radical (unpaired) electrons. The molecule has 1 fully saturated rings. The van der Waals surface area contributed by atoms with Gasteiger partial charge in [-0.2, -0.15) is 4.31 Å². The van der Waals surface area contributed by atoms with Gasteiger partial charge in [0, 0.05) is 13.1 Å². The number of esters is 1. The fourth-order valence-electron chi connectivity index (χ4n) is 2.87. The number of amides is 1. The first-order chi connectivity index (χ1) is 13.4. The number of hydrogen-bond acceptors (Lipinski definition) is 6. The van der Waals surface area contributed by atoms with Gasteiger partial charge in [-0.3, -0.25) is 9.59 Å². The molecule has 1 aliphatic heterocycles. The normalized spacial score (nSPS) is 15.9. The molecular formula is C18H19ClN2O5S2. The number of carbonyl (C=O) groups is 2. The lowest BCUT2D eigenvalue weighted by atomic mass is 9.98. The van der Waals surface area contributed by atoms with Crippen molar-refractivity contribution in [2.75, 3.05) is 25.0 Å². The summed E-state index contributed by atoms with van der Waals surface area (Å²) in [6.45, 7) is 0.0649. The van der Waals surface area contributed by atoms with Crippen LogP contribution >= 0.6 is 22.9 Å². The Morgan fingerprint density at radius 2 is 1.89 bits per heavy atom. The van der Waals surface area contributed by atoms with Crippen molar-refractivity contribution in [2.24, 2.45) is 5.92 Å². The number of benzene rings is 1. The predicted molar refractivity (Wildman–Crippen MR) is 107 cm³/mol. The van der Waals surface area contributed by atoms with Gasteiger partial charge < -0.3 is 10.1 Å². The average molecular weight is 443 g/mol. The second-order valence-corrected chi connectivity index (χ2v) is 9.77. The highest BCUT2D eigenvalue weighted by Gasteiger charge is 2.33. The van der Waals surface area contributed by atoms with Gasteiger partial charge in [-0.25, -0.2) is 8.42 Å². The summed E-state index contributed by atoms with van der Waals surface area (Å²) >= 11 is 7.13. The molecule has 150 valence electrons. The fourth-order valence-corrected chi connectivity index (χ4v) is 5.67. The molecule has 0 atom stereocenters. The van der Waals surface area contributed by atoms with Crippen molar-refractivity contribution in [2.45, 2.75) is 17.1 Å². The zero-order valence-electron chi connectivity index (χ0n) is 14.8. The molecule has 1 saturated heterocycles. The van der Waals surface area contributed by atoms with Crippen molar-refractivity contribution in [1.29, 1.82) is 0 Å². The van der Waals surface area contributed by atoms with Crippen LogP contribution in [0.4, 0.5) is 5.69 Å². The van der Waals surface area contributed by atoms with Crippen LogP contribution in [0.1, 0.15) is 12.8 Å². The van der Waals surface area contributed by atoms with Gasteiger partial charge in [0.15, 0.2) is 6.61 Å². The SMILES string of the molecule is O=C(COC(=O)C1CCN(S(=O)(=O)c2cccs2)CC1)Nc1ccccc1Cl. The van der Waals surface area contributed by atoms with Crippen LogP contribution in [0.5, 0.6) is 0 Å². The lowest BCUT2D eigenvalue weighted by Gasteiger charge is -2.29. The number of sulfonamides is 1. The van der Waals surface area contributed by atoms with Crippen molar-refractivity contribution < 1.29 is 22.7 Å². The third kappa shape index (κ3) is 4.91. The van der Waals surface area contributed by atoms with E-state index in [9.17, 15) is 18.0 Å². The number of nitrogens with one attached hydrogen (secondary N) is 1. The minimum Gasteiger partial charge on any atom is -0.455 e. The Morgan fingerprint density at radius 3 is 2.54 bits per heavy atom. The topological polar surface area (TPSA) is 92.8 Å². The Balaban J connectivity index is 1.46. The van der Waals surface area contributed by atoms with Crippen LogP contribution < -0.4 is 5.32 Å². The number of carbonyl (C=O) groups excluding carboxylic acids is 2. The van der Waals surface area contributed by atoms with Crippen LogP contribution in [0.25, 0.3) is 0 Å². The summed E-state index contributed by atoms with van der Waals surface area (Å²) in [6.07, 6.45) is 0.713. The summed E-state index contributed by atoms with van der Waals surface area (Å²) in [4.78, 5) is 24.1. The van der Waals surface area contributed by atoms with Crippen molar-refractivity contribution >= 4 is 50.5 Å². The van der Waals surface area contributed by atoms with Crippen LogP contribution in [0.3, 0.4) is 0 Å². The Labute approximate surface area is 172 Å². The lowest BCUT2D eigenvalue weighted by Crippen LogP contribution is -2.40. The number of halogens is 1. The third-order valence-electron chi connectivity index (χ3n) is 4.37. The number of anilines is 1. The first-order valence-corrected chi connectivity index (χ1v) is 11.3. The molecule has 3 rings (SSSR count). The molecule has 1 aromatic carbocycles. The number of piperidine rings is 1. The summed E-state index contributed by atoms with van der Waals surface area (Å²) in [7, 11) is -3.51. The summed E-state index contributed by atoms with van der Waals surface area (Å²) in [5.74, 6) is -1.41. The Bertz CT molecular complexity index is 939. The zero-order chi connectivity index (χ0) is 20.1. The minimum atomic E-state index is -3.51. The molecule has 1 aliphatic rings. The van der Waals surface area contributed by atoms with Gasteiger partial charge in [0.05, 0.1) is 16.6 Å². The average Bonchev–Trinajstić information content (AvgIpc) is 3.24. The van der Waals surface area contributed by atoms with Crippen LogP contribution in [0, 0.1) is 5.92 Å². The van der Waals surface area contributed by atoms with Crippen LogP contribution in [0.15, 0.2) is 46.0 Å². The first-order valence-electron chi connectivity index (χ1n) is 8.62. The molecule has 2 heterocycles. The van der Waals surface area contributed by atoms with Gasteiger partial charge in [-0.05, 0) is 36.4 Å². The van der Waals surface area contributed by atoms with Gasteiger partial charge >= 0.3 is 5.97 Å². The van der Waals surface area contributed by atoms with E-state index >= 15 is 0 Å². The van der Waals surface area contributed by atoms with E-state index in [1.54, 1.807) is 41.8 Å². The van der Waals surface area contributed by atoms with Crippen LogP contribution in [-0.4, -0.2) is 44.3 Å². The standard InChI is InChI=1S/C18H19ClN2O5S2/c19-14-4-1-2-5-15(14)20-16(22)12-26-18(23)13-7-9-21(10-8-13)28(24,25)17-6-3-11-27-17/h1-6,11,13H,7-10,12H2,(H,20,22). The number of thiophene rings is 1. The Hall–Kier alpha value is -1.94. The Kier molecular flexibility index (Phi) is 6.71. The Morgan fingerprint density at radius 1 is 1.18 bits per heavy atom. The highest BCUT2D eigenvalue weighted by molar-refractivity contribution is 7.91. The van der Waals surface area contributed by atoms with Crippen LogP contribution in [-0.2, 0) is 24.3 Å². The fraction of sp³-hybridized carbons (Fsp3) is 0.333. The number of rotatable bonds is 6.